The van der Waals surface area contributed by atoms with Crippen LogP contribution in [0.1, 0.15) is 23.4 Å². The van der Waals surface area contributed by atoms with Crippen LogP contribution in [0.5, 0.6) is 0 Å². The number of hydrogen-bond donors (Lipinski definition) is 1. The van der Waals surface area contributed by atoms with Gasteiger partial charge in [0, 0.05) is 14.9 Å². The van der Waals surface area contributed by atoms with Gasteiger partial charge in [-0.1, -0.05) is 36.2 Å². The molecule has 0 bridgehead atoms. The molecule has 0 fully saturated rings. The summed E-state index contributed by atoms with van der Waals surface area (Å²) in [6, 6.07) is 9.89. The maximum atomic E-state index is 6.29. The number of benzene rings is 1. The molecule has 0 radical (unpaired) electrons. The third-order valence-electron chi connectivity index (χ3n) is 2.56. The summed E-state index contributed by atoms with van der Waals surface area (Å²) in [4.78, 5) is 1.23. The standard InChI is InChI=1S/C13H12BrCl2NS/c1-2-17-13(11-5-6-12(14)18-11)9-4-3-8(15)7-10(9)16/h3-7,13,17H,2H2,1H3. The molecule has 5 heteroatoms. The molecule has 0 saturated carbocycles. The Balaban J connectivity index is 2.41. The Labute approximate surface area is 129 Å². The van der Waals surface area contributed by atoms with Crippen LogP contribution in [0.15, 0.2) is 34.1 Å². The first-order valence-electron chi connectivity index (χ1n) is 5.55. The van der Waals surface area contributed by atoms with Crippen LogP contribution in [-0.4, -0.2) is 6.54 Å². The first kappa shape index (κ1) is 14.4. The van der Waals surface area contributed by atoms with Gasteiger partial charge in [-0.05, 0) is 52.3 Å². The zero-order valence-electron chi connectivity index (χ0n) is 9.71. The van der Waals surface area contributed by atoms with E-state index in [0.29, 0.717) is 10.0 Å². The highest BCUT2D eigenvalue weighted by Crippen LogP contribution is 2.35. The van der Waals surface area contributed by atoms with Gasteiger partial charge in [0.05, 0.1) is 9.83 Å². The van der Waals surface area contributed by atoms with Crippen molar-refractivity contribution in [1.29, 1.82) is 0 Å². The fourth-order valence-corrected chi connectivity index (χ4v) is 3.82. The predicted octanol–water partition coefficient (Wildman–Crippen LogP) is 5.52. The Morgan fingerprint density at radius 1 is 1.28 bits per heavy atom. The fourth-order valence-electron chi connectivity index (χ4n) is 1.79. The lowest BCUT2D eigenvalue weighted by atomic mass is 10.1. The van der Waals surface area contributed by atoms with Crippen LogP contribution in [0.2, 0.25) is 10.0 Å². The maximum Gasteiger partial charge on any atom is 0.0702 e. The van der Waals surface area contributed by atoms with E-state index >= 15 is 0 Å². The first-order valence-corrected chi connectivity index (χ1v) is 7.92. The van der Waals surface area contributed by atoms with Crippen LogP contribution in [-0.2, 0) is 0 Å². The number of rotatable bonds is 4. The summed E-state index contributed by atoms with van der Waals surface area (Å²) in [5.74, 6) is 0. The van der Waals surface area contributed by atoms with Crippen molar-refractivity contribution in [3.63, 3.8) is 0 Å². The summed E-state index contributed by atoms with van der Waals surface area (Å²) in [6.45, 7) is 2.96. The normalized spacial score (nSPS) is 12.7. The van der Waals surface area contributed by atoms with Crippen LogP contribution in [0.3, 0.4) is 0 Å². The van der Waals surface area contributed by atoms with Gasteiger partial charge in [0.15, 0.2) is 0 Å². The molecule has 1 aromatic heterocycles. The molecule has 96 valence electrons. The second kappa shape index (κ2) is 6.40. The van der Waals surface area contributed by atoms with Crippen molar-refractivity contribution in [1.82, 2.24) is 5.32 Å². The van der Waals surface area contributed by atoms with E-state index in [1.54, 1.807) is 17.4 Å². The highest BCUT2D eigenvalue weighted by Gasteiger charge is 2.17. The molecule has 2 rings (SSSR count). The SMILES string of the molecule is CCNC(c1ccc(Br)s1)c1ccc(Cl)cc1Cl. The van der Waals surface area contributed by atoms with Gasteiger partial charge in [0.1, 0.15) is 0 Å². The van der Waals surface area contributed by atoms with Crippen molar-refractivity contribution < 1.29 is 0 Å². The van der Waals surface area contributed by atoms with Crippen molar-refractivity contribution in [3.8, 4) is 0 Å². The molecular weight excluding hydrogens is 353 g/mol. The minimum atomic E-state index is 0.107. The number of thiophene rings is 1. The monoisotopic (exact) mass is 363 g/mol. The third-order valence-corrected chi connectivity index (χ3v) is 4.81. The quantitative estimate of drug-likeness (QED) is 0.753. The van der Waals surface area contributed by atoms with Gasteiger partial charge < -0.3 is 5.32 Å². The molecule has 1 heterocycles. The topological polar surface area (TPSA) is 12.0 Å². The Morgan fingerprint density at radius 3 is 2.61 bits per heavy atom. The van der Waals surface area contributed by atoms with Crippen molar-refractivity contribution in [2.24, 2.45) is 0 Å². The second-order valence-electron chi connectivity index (χ2n) is 3.80. The zero-order valence-corrected chi connectivity index (χ0v) is 13.6. The van der Waals surface area contributed by atoms with E-state index in [0.717, 1.165) is 15.9 Å². The summed E-state index contributed by atoms with van der Waals surface area (Å²) >= 11 is 17.4. The van der Waals surface area contributed by atoms with Gasteiger partial charge in [-0.3, -0.25) is 0 Å². The van der Waals surface area contributed by atoms with Gasteiger partial charge in [0.2, 0.25) is 0 Å². The van der Waals surface area contributed by atoms with Crippen LogP contribution in [0.25, 0.3) is 0 Å². The molecule has 1 atom stereocenters. The molecule has 1 unspecified atom stereocenters. The Kier molecular flexibility index (Phi) is 5.10. The third kappa shape index (κ3) is 3.28. The van der Waals surface area contributed by atoms with E-state index in [-0.39, 0.29) is 6.04 Å². The van der Waals surface area contributed by atoms with Crippen molar-refractivity contribution in [2.45, 2.75) is 13.0 Å². The Hall–Kier alpha value is -0.0600. The van der Waals surface area contributed by atoms with Gasteiger partial charge in [-0.15, -0.1) is 11.3 Å². The van der Waals surface area contributed by atoms with E-state index in [4.69, 9.17) is 23.2 Å². The first-order chi connectivity index (χ1) is 8.61. The van der Waals surface area contributed by atoms with E-state index in [1.807, 2.05) is 18.2 Å². The molecule has 0 saturated heterocycles. The van der Waals surface area contributed by atoms with Gasteiger partial charge >= 0.3 is 0 Å². The van der Waals surface area contributed by atoms with Crippen LogP contribution in [0.4, 0.5) is 0 Å². The fraction of sp³-hybridized carbons (Fsp3) is 0.231. The zero-order chi connectivity index (χ0) is 13.1. The van der Waals surface area contributed by atoms with E-state index < -0.39 is 0 Å². The van der Waals surface area contributed by atoms with Gasteiger partial charge in [0.25, 0.3) is 0 Å². The number of halogens is 3. The maximum absolute atomic E-state index is 6.29. The molecule has 1 aromatic carbocycles. The molecule has 1 N–H and O–H groups in total. The molecule has 0 amide bonds. The van der Waals surface area contributed by atoms with Gasteiger partial charge in [-0.2, -0.15) is 0 Å². The molecule has 18 heavy (non-hydrogen) atoms. The highest BCUT2D eigenvalue weighted by atomic mass is 79.9. The van der Waals surface area contributed by atoms with Crippen LogP contribution < -0.4 is 5.32 Å². The van der Waals surface area contributed by atoms with E-state index in [1.165, 1.54) is 4.88 Å². The second-order valence-corrected chi connectivity index (χ2v) is 7.14. The summed E-state index contributed by atoms with van der Waals surface area (Å²) in [7, 11) is 0. The largest absolute Gasteiger partial charge is 0.306 e. The Bertz CT molecular complexity index is 542. The molecule has 2 aromatic rings. The van der Waals surface area contributed by atoms with Gasteiger partial charge in [-0.25, -0.2) is 0 Å². The lowest BCUT2D eigenvalue weighted by molar-refractivity contribution is 0.640. The lowest BCUT2D eigenvalue weighted by Gasteiger charge is -2.18. The molecule has 0 spiro atoms. The van der Waals surface area contributed by atoms with Crippen LogP contribution in [0, 0.1) is 0 Å². The molecular formula is C13H12BrCl2NS. The average molecular weight is 365 g/mol. The lowest BCUT2D eigenvalue weighted by Crippen LogP contribution is -2.21. The summed E-state index contributed by atoms with van der Waals surface area (Å²) in [5, 5.41) is 4.80. The molecule has 0 aliphatic carbocycles. The minimum absolute atomic E-state index is 0.107. The number of nitrogens with one attached hydrogen (secondary N) is 1. The summed E-state index contributed by atoms with van der Waals surface area (Å²) in [6.07, 6.45) is 0. The van der Waals surface area contributed by atoms with Crippen molar-refractivity contribution >= 4 is 50.5 Å². The van der Waals surface area contributed by atoms with E-state index in [2.05, 4.69) is 34.2 Å². The number of hydrogen-bond acceptors (Lipinski definition) is 2. The average Bonchev–Trinajstić information content (AvgIpc) is 2.73. The summed E-state index contributed by atoms with van der Waals surface area (Å²) < 4.78 is 1.12. The minimum Gasteiger partial charge on any atom is -0.306 e. The summed E-state index contributed by atoms with van der Waals surface area (Å²) in [5.41, 5.74) is 1.05. The molecule has 0 aliphatic heterocycles. The Morgan fingerprint density at radius 2 is 2.06 bits per heavy atom. The van der Waals surface area contributed by atoms with E-state index in [9.17, 15) is 0 Å². The highest BCUT2D eigenvalue weighted by molar-refractivity contribution is 9.11. The molecule has 0 aliphatic rings. The van der Waals surface area contributed by atoms with Crippen LogP contribution >= 0.6 is 50.5 Å². The van der Waals surface area contributed by atoms with Crippen molar-refractivity contribution in [2.75, 3.05) is 6.54 Å². The van der Waals surface area contributed by atoms with Crippen molar-refractivity contribution in [3.05, 3.63) is 54.6 Å². The smallest absolute Gasteiger partial charge is 0.0702 e. The molecule has 1 nitrogen and oxygen atoms in total. The predicted molar refractivity (Wildman–Crippen MR) is 84.0 cm³/mol.